The van der Waals surface area contributed by atoms with Crippen molar-refractivity contribution in [3.63, 3.8) is 0 Å². The van der Waals surface area contributed by atoms with Crippen LogP contribution < -0.4 is 10.6 Å². The summed E-state index contributed by atoms with van der Waals surface area (Å²) in [5, 5.41) is 0. The van der Waals surface area contributed by atoms with E-state index in [1.165, 1.54) is 43.7 Å². The summed E-state index contributed by atoms with van der Waals surface area (Å²) in [6.45, 7) is 5.65. The Morgan fingerprint density at radius 2 is 1.90 bits per heavy atom. The van der Waals surface area contributed by atoms with Crippen molar-refractivity contribution in [3.8, 4) is 0 Å². The van der Waals surface area contributed by atoms with Gasteiger partial charge in [0, 0.05) is 31.4 Å². The van der Waals surface area contributed by atoms with E-state index < -0.39 is 0 Å². The Labute approximate surface area is 123 Å². The molecule has 2 rings (SSSR count). The third-order valence-corrected chi connectivity index (χ3v) is 4.11. The first-order valence-electron chi connectivity index (χ1n) is 7.79. The molecule has 0 saturated carbocycles. The molecule has 2 N–H and O–H groups in total. The lowest BCUT2D eigenvalue weighted by atomic mass is 9.95. The maximum atomic E-state index is 5.98. The molecule has 0 aromatic heterocycles. The van der Waals surface area contributed by atoms with Crippen LogP contribution in [0.25, 0.3) is 0 Å². The molecule has 0 bridgehead atoms. The van der Waals surface area contributed by atoms with Gasteiger partial charge in [-0.05, 0) is 57.8 Å². The monoisotopic (exact) mass is 275 g/mol. The van der Waals surface area contributed by atoms with E-state index in [4.69, 9.17) is 5.73 Å². The van der Waals surface area contributed by atoms with Crippen molar-refractivity contribution in [1.29, 1.82) is 0 Å². The van der Waals surface area contributed by atoms with Crippen LogP contribution in [-0.4, -0.2) is 44.7 Å². The normalized spacial score (nSPS) is 18.6. The third-order valence-electron chi connectivity index (χ3n) is 4.11. The summed E-state index contributed by atoms with van der Waals surface area (Å²) in [5.74, 6) is 0.849. The minimum Gasteiger partial charge on any atom is -0.371 e. The molecular weight excluding hydrogens is 246 g/mol. The second-order valence-electron chi connectivity index (χ2n) is 6.50. The van der Waals surface area contributed by atoms with E-state index in [9.17, 15) is 0 Å². The van der Waals surface area contributed by atoms with Crippen molar-refractivity contribution >= 4 is 5.69 Å². The summed E-state index contributed by atoms with van der Waals surface area (Å²) in [5.41, 5.74) is 8.77. The molecule has 0 radical (unpaired) electrons. The Morgan fingerprint density at radius 3 is 2.50 bits per heavy atom. The average Bonchev–Trinajstić information content (AvgIpc) is 2.39. The number of hydrogen-bond acceptors (Lipinski definition) is 3. The van der Waals surface area contributed by atoms with Crippen LogP contribution in [0.5, 0.6) is 0 Å². The second kappa shape index (κ2) is 7.09. The van der Waals surface area contributed by atoms with E-state index in [0.29, 0.717) is 0 Å². The van der Waals surface area contributed by atoms with Crippen LogP contribution in [0.15, 0.2) is 24.3 Å². The smallest absolute Gasteiger partial charge is 0.0399 e. The number of rotatable bonds is 5. The van der Waals surface area contributed by atoms with Crippen molar-refractivity contribution in [3.05, 3.63) is 29.8 Å². The standard InChI is InChI=1S/C17H29N3/c1-14(18)12-16-6-4-5-7-17(16)20-10-8-15(9-11-20)13-19(2)3/h4-7,14-15H,8-13,18H2,1-3H3. The number of anilines is 1. The van der Waals surface area contributed by atoms with Crippen LogP contribution >= 0.6 is 0 Å². The second-order valence-corrected chi connectivity index (χ2v) is 6.50. The lowest BCUT2D eigenvalue weighted by Gasteiger charge is -2.36. The number of benzene rings is 1. The third kappa shape index (κ3) is 4.22. The molecule has 0 amide bonds. The number of nitrogens with two attached hydrogens (primary N) is 1. The van der Waals surface area contributed by atoms with Gasteiger partial charge < -0.3 is 15.5 Å². The minimum absolute atomic E-state index is 0.224. The number of nitrogens with zero attached hydrogens (tertiary/aromatic N) is 2. The summed E-state index contributed by atoms with van der Waals surface area (Å²) in [6, 6.07) is 8.97. The summed E-state index contributed by atoms with van der Waals surface area (Å²) in [6.07, 6.45) is 3.56. The zero-order chi connectivity index (χ0) is 14.5. The van der Waals surface area contributed by atoms with Crippen molar-refractivity contribution in [2.45, 2.75) is 32.2 Å². The molecule has 3 nitrogen and oxygen atoms in total. The van der Waals surface area contributed by atoms with Gasteiger partial charge >= 0.3 is 0 Å². The average molecular weight is 275 g/mol. The predicted octanol–water partition coefficient (Wildman–Crippen LogP) is 2.35. The van der Waals surface area contributed by atoms with Crippen molar-refractivity contribution in [2.24, 2.45) is 11.7 Å². The van der Waals surface area contributed by atoms with Gasteiger partial charge in [0.1, 0.15) is 0 Å². The predicted molar refractivity (Wildman–Crippen MR) is 87.3 cm³/mol. The van der Waals surface area contributed by atoms with E-state index in [1.54, 1.807) is 0 Å². The van der Waals surface area contributed by atoms with Gasteiger partial charge in [0.15, 0.2) is 0 Å². The van der Waals surface area contributed by atoms with Gasteiger partial charge in [-0.3, -0.25) is 0 Å². The molecule has 1 heterocycles. The molecule has 1 aliphatic rings. The van der Waals surface area contributed by atoms with Crippen molar-refractivity contribution in [2.75, 3.05) is 38.6 Å². The van der Waals surface area contributed by atoms with Crippen molar-refractivity contribution in [1.82, 2.24) is 4.90 Å². The topological polar surface area (TPSA) is 32.5 Å². The molecule has 1 fully saturated rings. The first-order chi connectivity index (χ1) is 9.56. The summed E-state index contributed by atoms with van der Waals surface area (Å²) < 4.78 is 0. The Bertz CT molecular complexity index is 406. The molecule has 1 unspecified atom stereocenters. The van der Waals surface area contributed by atoms with Crippen molar-refractivity contribution < 1.29 is 0 Å². The molecule has 20 heavy (non-hydrogen) atoms. The van der Waals surface area contributed by atoms with Gasteiger partial charge in [-0.15, -0.1) is 0 Å². The molecule has 1 aromatic rings. The Balaban J connectivity index is 1.99. The summed E-state index contributed by atoms with van der Waals surface area (Å²) in [7, 11) is 4.34. The van der Waals surface area contributed by atoms with Crippen LogP contribution in [0.4, 0.5) is 5.69 Å². The van der Waals surface area contributed by atoms with E-state index in [2.05, 4.69) is 55.1 Å². The van der Waals surface area contributed by atoms with Crippen LogP contribution in [0.1, 0.15) is 25.3 Å². The maximum absolute atomic E-state index is 5.98. The molecule has 1 aliphatic heterocycles. The number of hydrogen-bond donors (Lipinski definition) is 1. The van der Waals surface area contributed by atoms with Gasteiger partial charge in [-0.1, -0.05) is 18.2 Å². The molecule has 1 saturated heterocycles. The van der Waals surface area contributed by atoms with Gasteiger partial charge in [0.05, 0.1) is 0 Å². The Hall–Kier alpha value is -1.06. The van der Waals surface area contributed by atoms with E-state index in [0.717, 1.165) is 12.3 Å². The van der Waals surface area contributed by atoms with Crippen LogP contribution in [-0.2, 0) is 6.42 Å². The van der Waals surface area contributed by atoms with Gasteiger partial charge in [-0.25, -0.2) is 0 Å². The van der Waals surface area contributed by atoms with Gasteiger partial charge in [-0.2, -0.15) is 0 Å². The Morgan fingerprint density at radius 1 is 1.25 bits per heavy atom. The molecule has 1 atom stereocenters. The highest BCUT2D eigenvalue weighted by molar-refractivity contribution is 5.54. The van der Waals surface area contributed by atoms with E-state index in [1.807, 2.05) is 0 Å². The summed E-state index contributed by atoms with van der Waals surface area (Å²) in [4.78, 5) is 4.86. The first-order valence-corrected chi connectivity index (χ1v) is 7.79. The molecule has 1 aromatic carbocycles. The first kappa shape index (κ1) is 15.3. The highest BCUT2D eigenvalue weighted by Gasteiger charge is 2.21. The number of piperidine rings is 1. The van der Waals surface area contributed by atoms with Crippen LogP contribution in [0.2, 0.25) is 0 Å². The fraction of sp³-hybridized carbons (Fsp3) is 0.647. The molecule has 0 aliphatic carbocycles. The molecular formula is C17H29N3. The van der Waals surface area contributed by atoms with E-state index in [-0.39, 0.29) is 6.04 Å². The maximum Gasteiger partial charge on any atom is 0.0399 e. The highest BCUT2D eigenvalue weighted by Crippen LogP contribution is 2.27. The summed E-state index contributed by atoms with van der Waals surface area (Å²) >= 11 is 0. The zero-order valence-corrected chi connectivity index (χ0v) is 13.2. The molecule has 3 heteroatoms. The lowest BCUT2D eigenvalue weighted by molar-refractivity contribution is 0.285. The minimum atomic E-state index is 0.224. The van der Waals surface area contributed by atoms with Gasteiger partial charge in [0.2, 0.25) is 0 Å². The SMILES string of the molecule is CC(N)Cc1ccccc1N1CCC(CN(C)C)CC1. The quantitative estimate of drug-likeness (QED) is 0.895. The van der Waals surface area contributed by atoms with Gasteiger partial charge in [0.25, 0.3) is 0 Å². The fourth-order valence-corrected chi connectivity index (χ4v) is 3.21. The Kier molecular flexibility index (Phi) is 5.44. The molecule has 112 valence electrons. The largest absolute Gasteiger partial charge is 0.371 e. The fourth-order valence-electron chi connectivity index (χ4n) is 3.21. The van der Waals surface area contributed by atoms with Crippen LogP contribution in [0, 0.1) is 5.92 Å². The van der Waals surface area contributed by atoms with E-state index >= 15 is 0 Å². The number of para-hydroxylation sites is 1. The van der Waals surface area contributed by atoms with Crippen LogP contribution in [0.3, 0.4) is 0 Å². The zero-order valence-electron chi connectivity index (χ0n) is 13.2. The molecule has 0 spiro atoms. The highest BCUT2D eigenvalue weighted by atomic mass is 15.1. The lowest BCUT2D eigenvalue weighted by Crippen LogP contribution is -2.37.